The van der Waals surface area contributed by atoms with Crippen molar-refractivity contribution in [1.82, 2.24) is 9.97 Å². The maximum Gasteiger partial charge on any atom is 0.237 e. The van der Waals surface area contributed by atoms with Gasteiger partial charge in [0.05, 0.1) is 12.4 Å². The SMILES string of the molecule is Cc1cc(Oc2cnc(C#N)cn2)ccc1Cl. The number of aryl methyl sites for hydroxylation is 1. The van der Waals surface area contributed by atoms with Gasteiger partial charge in [-0.15, -0.1) is 0 Å². The highest BCUT2D eigenvalue weighted by Gasteiger charge is 2.02. The number of ether oxygens (including phenoxy) is 1. The minimum Gasteiger partial charge on any atom is -0.437 e. The van der Waals surface area contributed by atoms with Crippen LogP contribution in [0.1, 0.15) is 11.3 Å². The number of hydrogen-bond donors (Lipinski definition) is 0. The first-order valence-corrected chi connectivity index (χ1v) is 5.23. The number of nitrogens with zero attached hydrogens (tertiary/aromatic N) is 3. The Kier molecular flexibility index (Phi) is 3.22. The zero-order valence-electron chi connectivity index (χ0n) is 9.01. The number of rotatable bonds is 2. The van der Waals surface area contributed by atoms with E-state index in [0.29, 0.717) is 16.7 Å². The normalized spacial score (nSPS) is 9.71. The Balaban J connectivity index is 2.20. The molecule has 0 saturated carbocycles. The molecule has 0 saturated heterocycles. The van der Waals surface area contributed by atoms with E-state index in [1.54, 1.807) is 12.1 Å². The van der Waals surface area contributed by atoms with Crippen molar-refractivity contribution >= 4 is 11.6 Å². The molecule has 1 aromatic heterocycles. The van der Waals surface area contributed by atoms with Crippen LogP contribution in [0.5, 0.6) is 11.6 Å². The fourth-order valence-electron chi connectivity index (χ4n) is 1.23. The van der Waals surface area contributed by atoms with Gasteiger partial charge < -0.3 is 4.74 Å². The van der Waals surface area contributed by atoms with Gasteiger partial charge in [0.1, 0.15) is 11.8 Å². The molecule has 0 spiro atoms. The Hall–Kier alpha value is -2.12. The second kappa shape index (κ2) is 4.81. The van der Waals surface area contributed by atoms with Gasteiger partial charge in [0.15, 0.2) is 5.69 Å². The summed E-state index contributed by atoms with van der Waals surface area (Å²) in [5, 5.41) is 9.26. The Labute approximate surface area is 103 Å². The van der Waals surface area contributed by atoms with Gasteiger partial charge in [0.25, 0.3) is 0 Å². The van der Waals surface area contributed by atoms with E-state index in [2.05, 4.69) is 9.97 Å². The molecule has 0 fully saturated rings. The van der Waals surface area contributed by atoms with Crippen LogP contribution in [0.25, 0.3) is 0 Å². The van der Waals surface area contributed by atoms with Crippen molar-refractivity contribution < 1.29 is 4.74 Å². The molecule has 84 valence electrons. The average molecular weight is 246 g/mol. The van der Waals surface area contributed by atoms with Gasteiger partial charge in [-0.05, 0) is 30.7 Å². The molecule has 0 radical (unpaired) electrons. The lowest BCUT2D eigenvalue weighted by molar-refractivity contribution is 0.459. The highest BCUT2D eigenvalue weighted by atomic mass is 35.5. The number of halogens is 1. The van der Waals surface area contributed by atoms with Crippen LogP contribution >= 0.6 is 11.6 Å². The molecule has 0 N–H and O–H groups in total. The molecule has 17 heavy (non-hydrogen) atoms. The van der Waals surface area contributed by atoms with Crippen LogP contribution in [0.4, 0.5) is 0 Å². The fraction of sp³-hybridized carbons (Fsp3) is 0.0833. The fourth-order valence-corrected chi connectivity index (χ4v) is 1.35. The first kappa shape index (κ1) is 11.4. The molecule has 0 unspecified atom stereocenters. The minimum absolute atomic E-state index is 0.254. The number of nitriles is 1. The van der Waals surface area contributed by atoms with Crippen molar-refractivity contribution in [3.05, 3.63) is 46.9 Å². The lowest BCUT2D eigenvalue weighted by Crippen LogP contribution is -1.91. The van der Waals surface area contributed by atoms with E-state index in [0.717, 1.165) is 5.56 Å². The Morgan fingerprint density at radius 1 is 1.29 bits per heavy atom. The van der Waals surface area contributed by atoms with Crippen LogP contribution < -0.4 is 4.74 Å². The summed E-state index contributed by atoms with van der Waals surface area (Å²) in [4.78, 5) is 7.82. The molecule has 0 amide bonds. The number of aromatic nitrogens is 2. The van der Waals surface area contributed by atoms with Crippen LogP contribution in [0, 0.1) is 18.3 Å². The molecule has 0 aliphatic heterocycles. The Morgan fingerprint density at radius 2 is 2.12 bits per heavy atom. The number of benzene rings is 1. The van der Waals surface area contributed by atoms with E-state index in [1.807, 2.05) is 19.1 Å². The summed E-state index contributed by atoms with van der Waals surface area (Å²) in [6.45, 7) is 1.89. The zero-order valence-corrected chi connectivity index (χ0v) is 9.77. The first-order valence-electron chi connectivity index (χ1n) is 4.85. The maximum atomic E-state index is 8.58. The van der Waals surface area contributed by atoms with Crippen molar-refractivity contribution in [2.45, 2.75) is 6.92 Å². The van der Waals surface area contributed by atoms with Crippen molar-refractivity contribution in [1.29, 1.82) is 5.26 Å². The third-order valence-electron chi connectivity index (χ3n) is 2.09. The molecule has 5 heteroatoms. The first-order chi connectivity index (χ1) is 8.19. The lowest BCUT2D eigenvalue weighted by Gasteiger charge is -2.05. The monoisotopic (exact) mass is 245 g/mol. The van der Waals surface area contributed by atoms with Crippen molar-refractivity contribution in [2.75, 3.05) is 0 Å². The lowest BCUT2D eigenvalue weighted by atomic mass is 10.2. The Morgan fingerprint density at radius 3 is 2.71 bits per heavy atom. The van der Waals surface area contributed by atoms with Gasteiger partial charge >= 0.3 is 0 Å². The van der Waals surface area contributed by atoms with E-state index in [9.17, 15) is 0 Å². The quantitative estimate of drug-likeness (QED) is 0.816. The van der Waals surface area contributed by atoms with Gasteiger partial charge in [-0.3, -0.25) is 0 Å². The summed E-state index contributed by atoms with van der Waals surface area (Å²) in [6, 6.07) is 7.19. The van der Waals surface area contributed by atoms with E-state index < -0.39 is 0 Å². The van der Waals surface area contributed by atoms with Crippen LogP contribution in [-0.2, 0) is 0 Å². The Bertz CT molecular complexity index is 575. The molecule has 0 atom stereocenters. The molecule has 0 aliphatic carbocycles. The van der Waals surface area contributed by atoms with Crippen LogP contribution in [0.15, 0.2) is 30.6 Å². The largest absolute Gasteiger partial charge is 0.437 e. The summed E-state index contributed by atoms with van der Waals surface area (Å²) in [5.74, 6) is 0.969. The maximum absolute atomic E-state index is 8.58. The second-order valence-electron chi connectivity index (χ2n) is 3.36. The predicted octanol–water partition coefficient (Wildman–Crippen LogP) is 3.10. The molecule has 2 aromatic rings. The zero-order chi connectivity index (χ0) is 12.3. The van der Waals surface area contributed by atoms with E-state index in [-0.39, 0.29) is 5.69 Å². The van der Waals surface area contributed by atoms with E-state index in [4.69, 9.17) is 21.6 Å². The van der Waals surface area contributed by atoms with Gasteiger partial charge in [-0.25, -0.2) is 9.97 Å². The standard InChI is InChI=1S/C12H8ClN3O/c1-8-4-10(2-3-11(8)13)17-12-7-15-9(5-14)6-16-12/h2-4,6-7H,1H3. The highest BCUT2D eigenvalue weighted by Crippen LogP contribution is 2.24. The number of hydrogen-bond acceptors (Lipinski definition) is 4. The third kappa shape index (κ3) is 2.71. The molecule has 0 aliphatic rings. The summed E-state index contributed by atoms with van der Waals surface area (Å²) in [6.07, 6.45) is 2.76. The van der Waals surface area contributed by atoms with Crippen molar-refractivity contribution in [3.63, 3.8) is 0 Å². The predicted molar refractivity (Wildman–Crippen MR) is 63.0 cm³/mol. The molecular weight excluding hydrogens is 238 g/mol. The van der Waals surface area contributed by atoms with Crippen molar-refractivity contribution in [3.8, 4) is 17.7 Å². The molecule has 4 nitrogen and oxygen atoms in total. The summed E-state index contributed by atoms with van der Waals surface area (Å²) in [5.41, 5.74) is 1.18. The molecule has 0 bridgehead atoms. The van der Waals surface area contributed by atoms with Crippen molar-refractivity contribution in [2.24, 2.45) is 0 Å². The summed E-state index contributed by atoms with van der Waals surface area (Å²) in [7, 11) is 0. The third-order valence-corrected chi connectivity index (χ3v) is 2.52. The van der Waals surface area contributed by atoms with Gasteiger partial charge in [0, 0.05) is 5.02 Å². The van der Waals surface area contributed by atoms with Gasteiger partial charge in [-0.1, -0.05) is 11.6 Å². The molecule has 1 heterocycles. The van der Waals surface area contributed by atoms with Gasteiger partial charge in [0.2, 0.25) is 5.88 Å². The summed E-state index contributed by atoms with van der Waals surface area (Å²) < 4.78 is 5.47. The molecular formula is C12H8ClN3O. The average Bonchev–Trinajstić information content (AvgIpc) is 2.35. The van der Waals surface area contributed by atoms with E-state index >= 15 is 0 Å². The van der Waals surface area contributed by atoms with Crippen LogP contribution in [0.2, 0.25) is 5.02 Å². The molecule has 1 aromatic carbocycles. The van der Waals surface area contributed by atoms with E-state index in [1.165, 1.54) is 12.4 Å². The highest BCUT2D eigenvalue weighted by molar-refractivity contribution is 6.31. The topological polar surface area (TPSA) is 58.8 Å². The molecule has 2 rings (SSSR count). The van der Waals surface area contributed by atoms with Crippen LogP contribution in [-0.4, -0.2) is 9.97 Å². The summed E-state index contributed by atoms with van der Waals surface area (Å²) >= 11 is 5.90. The smallest absolute Gasteiger partial charge is 0.237 e. The van der Waals surface area contributed by atoms with Crippen LogP contribution in [0.3, 0.4) is 0 Å². The van der Waals surface area contributed by atoms with Gasteiger partial charge in [-0.2, -0.15) is 5.26 Å². The second-order valence-corrected chi connectivity index (χ2v) is 3.77. The minimum atomic E-state index is 0.254.